The largest absolute Gasteiger partial charge is 1.00 e. The van der Waals surface area contributed by atoms with Crippen LogP contribution in [-0.2, 0) is 11.4 Å². The number of rotatable bonds is 1. The van der Waals surface area contributed by atoms with Gasteiger partial charge in [-0.2, -0.15) is 0 Å². The maximum atomic E-state index is 10.1. The molecule has 0 radical (unpaired) electrons. The van der Waals surface area contributed by atoms with Crippen LogP contribution in [0.5, 0.6) is 0 Å². The van der Waals surface area contributed by atoms with Crippen LogP contribution in [0.3, 0.4) is 0 Å². The molecule has 14 heavy (non-hydrogen) atoms. The van der Waals surface area contributed by atoms with Crippen LogP contribution >= 0.6 is 11.6 Å². The third-order valence-electron chi connectivity index (χ3n) is 1.03. The molecular formula is C7H6ClNaO4S. The Morgan fingerprint density at radius 1 is 1.43 bits per heavy atom. The predicted octanol–water partition coefficient (Wildman–Crippen LogP) is -1.50. The van der Waals surface area contributed by atoms with Gasteiger partial charge in [0.25, 0.3) is 0 Å². The van der Waals surface area contributed by atoms with Crippen molar-refractivity contribution in [2.45, 2.75) is 0 Å². The normalized spacial score (nSPS) is 10.2. The Balaban J connectivity index is 0. The molecule has 4 nitrogen and oxygen atoms in total. The van der Waals surface area contributed by atoms with Crippen molar-refractivity contribution >= 4 is 29.2 Å². The van der Waals surface area contributed by atoms with Gasteiger partial charge in [0.15, 0.2) is 6.29 Å². The van der Waals surface area contributed by atoms with Gasteiger partial charge in [-0.1, -0.05) is 29.8 Å². The molecule has 1 aromatic carbocycles. The second kappa shape index (κ2) is 9.79. The maximum absolute atomic E-state index is 10.1. The van der Waals surface area contributed by atoms with Crippen molar-refractivity contribution in [1.29, 1.82) is 0 Å². The average Bonchev–Trinajstić information content (AvgIpc) is 2.04. The van der Waals surface area contributed by atoms with Gasteiger partial charge in [0.05, 0.1) is 16.4 Å². The summed E-state index contributed by atoms with van der Waals surface area (Å²) < 4.78 is 24.1. The van der Waals surface area contributed by atoms with E-state index in [1.807, 2.05) is 0 Å². The summed E-state index contributed by atoms with van der Waals surface area (Å²) in [6.45, 7) is 0. The van der Waals surface area contributed by atoms with Crippen molar-refractivity contribution in [1.82, 2.24) is 0 Å². The van der Waals surface area contributed by atoms with E-state index in [0.717, 1.165) is 6.29 Å². The molecule has 0 spiro atoms. The monoisotopic (exact) mass is 244 g/mol. The van der Waals surface area contributed by atoms with Crippen molar-refractivity contribution in [3.63, 3.8) is 0 Å². The molecule has 7 heteroatoms. The van der Waals surface area contributed by atoms with E-state index in [2.05, 4.69) is 0 Å². The van der Waals surface area contributed by atoms with Crippen molar-refractivity contribution in [2.24, 2.45) is 0 Å². The van der Waals surface area contributed by atoms with E-state index in [0.29, 0.717) is 10.6 Å². The Morgan fingerprint density at radius 2 is 1.86 bits per heavy atom. The molecule has 1 unspecified atom stereocenters. The Labute approximate surface area is 111 Å². The zero-order valence-electron chi connectivity index (χ0n) is 7.34. The number of carbonyl (C=O) groups is 1. The summed E-state index contributed by atoms with van der Waals surface area (Å²) in [5.74, 6) is 0. The van der Waals surface area contributed by atoms with E-state index in [4.69, 9.17) is 24.9 Å². The topological polar surface area (TPSA) is 77.4 Å². The zero-order valence-corrected chi connectivity index (χ0v) is 10.9. The Bertz CT molecular complexity index is 303. The summed E-state index contributed by atoms with van der Waals surface area (Å²) >= 11 is 2.73. The summed E-state index contributed by atoms with van der Waals surface area (Å²) in [6, 6.07) is 6.92. The van der Waals surface area contributed by atoms with Crippen molar-refractivity contribution in [3.8, 4) is 0 Å². The van der Waals surface area contributed by atoms with Crippen molar-refractivity contribution in [2.75, 3.05) is 0 Å². The third-order valence-corrected chi connectivity index (χ3v) is 1.38. The molecule has 1 N–H and O–H groups in total. The molecule has 1 rings (SSSR count). The average molecular weight is 245 g/mol. The molecule has 0 saturated carbocycles. The quantitative estimate of drug-likeness (QED) is 0.370. The van der Waals surface area contributed by atoms with Gasteiger partial charge in [-0.05, 0) is 6.07 Å². The fourth-order valence-electron chi connectivity index (χ4n) is 0.571. The van der Waals surface area contributed by atoms with E-state index < -0.39 is 11.4 Å². The van der Waals surface area contributed by atoms with E-state index in [1.165, 1.54) is 0 Å². The van der Waals surface area contributed by atoms with E-state index in [1.54, 1.807) is 24.3 Å². The molecule has 0 amide bonds. The second-order valence-corrected chi connectivity index (χ2v) is 2.70. The van der Waals surface area contributed by atoms with Crippen LogP contribution in [0.15, 0.2) is 24.3 Å². The van der Waals surface area contributed by atoms with Crippen LogP contribution in [0.1, 0.15) is 10.4 Å². The number of benzene rings is 1. The number of carbonyl (C=O) groups excluding carboxylic acids is 1. The first-order chi connectivity index (χ1) is 6.07. The number of hydrogen-bond acceptors (Lipinski definition) is 3. The van der Waals surface area contributed by atoms with Gasteiger partial charge in [0.1, 0.15) is 0 Å². The Hall–Kier alpha value is 0.250. The first-order valence-corrected chi connectivity index (χ1v) is 4.47. The zero-order chi connectivity index (χ0) is 10.3. The minimum Gasteiger partial charge on any atom is -0.750 e. The van der Waals surface area contributed by atoms with Crippen LogP contribution in [0.25, 0.3) is 0 Å². The third kappa shape index (κ3) is 8.83. The van der Waals surface area contributed by atoms with Gasteiger partial charge in [-0.15, -0.1) is 0 Å². The first-order valence-electron chi connectivity index (χ1n) is 3.06. The Kier molecular flexibility index (Phi) is 11.7. The Morgan fingerprint density at radius 3 is 2.14 bits per heavy atom. The molecule has 0 saturated heterocycles. The SMILES string of the molecule is O=Cc1ccccc1Cl.O=S([O-])O.[Na+]. The van der Waals surface area contributed by atoms with Crippen molar-refractivity contribution < 1.29 is 47.7 Å². The molecule has 0 heterocycles. The van der Waals surface area contributed by atoms with Crippen LogP contribution in [0.4, 0.5) is 0 Å². The molecule has 0 bridgehead atoms. The molecular weight excluding hydrogens is 239 g/mol. The molecule has 72 valence electrons. The van der Waals surface area contributed by atoms with Crippen molar-refractivity contribution in [3.05, 3.63) is 34.9 Å². The second-order valence-electron chi connectivity index (χ2n) is 1.86. The van der Waals surface area contributed by atoms with Crippen LogP contribution in [0.2, 0.25) is 5.02 Å². The molecule has 0 fully saturated rings. The van der Waals surface area contributed by atoms with E-state index >= 15 is 0 Å². The summed E-state index contributed by atoms with van der Waals surface area (Å²) in [5, 5.41) is 0.507. The number of aldehydes is 1. The minimum atomic E-state index is -2.86. The van der Waals surface area contributed by atoms with Gasteiger partial charge in [-0.25, -0.2) is 4.21 Å². The molecule has 0 aliphatic heterocycles. The number of halogens is 1. The molecule has 1 atom stereocenters. The van der Waals surface area contributed by atoms with Crippen LogP contribution < -0.4 is 29.6 Å². The summed E-state index contributed by atoms with van der Waals surface area (Å²) in [5.41, 5.74) is 0.541. The van der Waals surface area contributed by atoms with Gasteiger partial charge < -0.3 is 9.11 Å². The maximum Gasteiger partial charge on any atom is 1.00 e. The molecule has 0 aliphatic rings. The smallest absolute Gasteiger partial charge is 0.750 e. The van der Waals surface area contributed by atoms with Gasteiger partial charge in [-0.3, -0.25) is 4.79 Å². The molecule has 0 aliphatic carbocycles. The summed E-state index contributed by atoms with van der Waals surface area (Å²) in [6.07, 6.45) is 0.738. The molecule has 0 aromatic heterocycles. The fraction of sp³-hybridized carbons (Fsp3) is 0. The molecule has 1 aromatic rings. The minimum absolute atomic E-state index is 0. The summed E-state index contributed by atoms with van der Waals surface area (Å²) in [4.78, 5) is 10.1. The van der Waals surface area contributed by atoms with E-state index in [9.17, 15) is 4.79 Å². The standard InChI is InChI=1S/C7H5ClO.Na.H2O3S/c8-7-4-2-1-3-6(7)5-9;;1-4(2)3/h1-5H;;(H2,1,2,3)/q;+1;/p-1. The first kappa shape index (κ1) is 16.7. The predicted molar refractivity (Wildman–Crippen MR) is 48.4 cm³/mol. The van der Waals surface area contributed by atoms with Crippen LogP contribution in [-0.4, -0.2) is 19.6 Å². The summed E-state index contributed by atoms with van der Waals surface area (Å²) in [7, 11) is 0. The fourth-order valence-corrected chi connectivity index (χ4v) is 0.751. The van der Waals surface area contributed by atoms with Crippen LogP contribution in [0, 0.1) is 0 Å². The number of hydrogen-bond donors (Lipinski definition) is 1. The van der Waals surface area contributed by atoms with E-state index in [-0.39, 0.29) is 29.6 Å². The van der Waals surface area contributed by atoms with Gasteiger partial charge >= 0.3 is 29.6 Å². The van der Waals surface area contributed by atoms with Gasteiger partial charge in [0, 0.05) is 5.56 Å². The van der Waals surface area contributed by atoms with Gasteiger partial charge in [0.2, 0.25) is 0 Å².